The molecular weight excluding hydrogens is 236 g/mol. The van der Waals surface area contributed by atoms with Gasteiger partial charge in [-0.25, -0.2) is 4.98 Å². The number of pyridine rings is 1. The maximum absolute atomic E-state index is 11.8. The van der Waals surface area contributed by atoms with Crippen molar-refractivity contribution >= 4 is 22.9 Å². The van der Waals surface area contributed by atoms with Crippen LogP contribution < -0.4 is 11.1 Å². The Morgan fingerprint density at radius 1 is 1.59 bits per heavy atom. The van der Waals surface area contributed by atoms with E-state index in [0.29, 0.717) is 11.4 Å². The molecule has 0 radical (unpaired) electrons. The zero-order chi connectivity index (χ0) is 12.3. The minimum absolute atomic E-state index is 0.153. The Labute approximate surface area is 103 Å². The van der Waals surface area contributed by atoms with E-state index in [1.165, 1.54) is 11.3 Å². The average Bonchev–Trinajstić information content (AvgIpc) is 2.79. The summed E-state index contributed by atoms with van der Waals surface area (Å²) >= 11 is 1.38. The smallest absolute Gasteiger partial charge is 0.275 e. The van der Waals surface area contributed by atoms with Crippen molar-refractivity contribution in [1.29, 1.82) is 0 Å². The molecule has 0 fully saturated rings. The molecule has 1 amide bonds. The molecule has 1 unspecified atom stereocenters. The number of rotatable bonds is 3. The number of carbonyl (C=O) groups excluding carboxylic acids is 1. The van der Waals surface area contributed by atoms with E-state index in [9.17, 15) is 4.79 Å². The molecule has 2 heterocycles. The lowest BCUT2D eigenvalue weighted by atomic mass is 10.3. The van der Waals surface area contributed by atoms with Crippen LogP contribution in [0.3, 0.4) is 0 Å². The summed E-state index contributed by atoms with van der Waals surface area (Å²) in [6, 6.07) is 3.37. The predicted octanol–water partition coefficient (Wildman–Crippen LogP) is 1.81. The summed E-state index contributed by atoms with van der Waals surface area (Å²) in [4.78, 5) is 19.9. The van der Waals surface area contributed by atoms with E-state index in [0.717, 1.165) is 5.01 Å². The van der Waals surface area contributed by atoms with E-state index in [1.807, 2.05) is 6.92 Å². The molecule has 0 spiro atoms. The molecule has 0 saturated carbocycles. The Kier molecular flexibility index (Phi) is 3.46. The molecule has 5 nitrogen and oxygen atoms in total. The van der Waals surface area contributed by atoms with Crippen LogP contribution in [0.4, 0.5) is 5.69 Å². The molecule has 2 aromatic rings. The van der Waals surface area contributed by atoms with E-state index >= 15 is 0 Å². The van der Waals surface area contributed by atoms with Gasteiger partial charge in [-0.1, -0.05) is 0 Å². The van der Waals surface area contributed by atoms with Gasteiger partial charge in [0.05, 0.1) is 17.9 Å². The Morgan fingerprint density at radius 2 is 2.41 bits per heavy atom. The van der Waals surface area contributed by atoms with Crippen LogP contribution in [0.1, 0.15) is 28.5 Å². The monoisotopic (exact) mass is 248 g/mol. The quantitative estimate of drug-likeness (QED) is 0.868. The highest BCUT2D eigenvalue weighted by atomic mass is 32.1. The van der Waals surface area contributed by atoms with Gasteiger partial charge < -0.3 is 11.1 Å². The first-order valence-corrected chi connectivity index (χ1v) is 5.97. The molecule has 17 heavy (non-hydrogen) atoms. The topological polar surface area (TPSA) is 80.9 Å². The lowest BCUT2D eigenvalue weighted by Gasteiger charge is -2.01. The number of thiazole rings is 1. The van der Waals surface area contributed by atoms with Gasteiger partial charge in [-0.05, 0) is 19.1 Å². The lowest BCUT2D eigenvalue weighted by Crippen LogP contribution is -2.13. The molecule has 88 valence electrons. The number of hydrogen-bond donors (Lipinski definition) is 2. The van der Waals surface area contributed by atoms with Crippen LogP contribution in [0.15, 0.2) is 29.9 Å². The zero-order valence-electron chi connectivity index (χ0n) is 9.25. The fourth-order valence-electron chi connectivity index (χ4n) is 1.23. The first kappa shape index (κ1) is 11.7. The minimum Gasteiger partial charge on any atom is -0.322 e. The van der Waals surface area contributed by atoms with Crippen molar-refractivity contribution < 1.29 is 4.79 Å². The Hall–Kier alpha value is -1.79. The number of carbonyl (C=O) groups is 1. The minimum atomic E-state index is -0.249. The van der Waals surface area contributed by atoms with Crippen molar-refractivity contribution in [3.05, 3.63) is 40.6 Å². The highest BCUT2D eigenvalue weighted by Gasteiger charge is 2.12. The van der Waals surface area contributed by atoms with E-state index in [1.54, 1.807) is 29.9 Å². The number of anilines is 1. The van der Waals surface area contributed by atoms with Crippen LogP contribution in [0.5, 0.6) is 0 Å². The molecule has 1 atom stereocenters. The Morgan fingerprint density at radius 3 is 3.00 bits per heavy atom. The van der Waals surface area contributed by atoms with Crippen LogP contribution in [-0.2, 0) is 0 Å². The second-order valence-corrected chi connectivity index (χ2v) is 4.45. The van der Waals surface area contributed by atoms with E-state index in [-0.39, 0.29) is 11.9 Å². The van der Waals surface area contributed by atoms with Gasteiger partial charge in [-0.3, -0.25) is 9.78 Å². The molecule has 6 heteroatoms. The van der Waals surface area contributed by atoms with Crippen LogP contribution in [0.25, 0.3) is 0 Å². The summed E-state index contributed by atoms with van der Waals surface area (Å²) in [5, 5.41) is 5.16. The van der Waals surface area contributed by atoms with Gasteiger partial charge in [0.1, 0.15) is 10.7 Å². The summed E-state index contributed by atoms with van der Waals surface area (Å²) in [6.07, 6.45) is 3.23. The third kappa shape index (κ3) is 2.86. The number of aromatic nitrogens is 2. The van der Waals surface area contributed by atoms with Gasteiger partial charge in [0.15, 0.2) is 0 Å². The second-order valence-electron chi connectivity index (χ2n) is 3.56. The van der Waals surface area contributed by atoms with Gasteiger partial charge in [-0.2, -0.15) is 0 Å². The molecule has 0 saturated heterocycles. The normalized spacial score (nSPS) is 12.1. The number of amides is 1. The van der Waals surface area contributed by atoms with E-state index in [2.05, 4.69) is 15.3 Å². The van der Waals surface area contributed by atoms with Gasteiger partial charge >= 0.3 is 0 Å². The lowest BCUT2D eigenvalue weighted by molar-refractivity contribution is 0.102. The molecule has 0 aliphatic heterocycles. The van der Waals surface area contributed by atoms with Crippen LogP contribution in [0.2, 0.25) is 0 Å². The summed E-state index contributed by atoms with van der Waals surface area (Å²) in [5.74, 6) is -0.249. The molecule has 0 aliphatic carbocycles. The van der Waals surface area contributed by atoms with Gasteiger partial charge in [0.2, 0.25) is 0 Å². The average molecular weight is 248 g/mol. The van der Waals surface area contributed by atoms with Gasteiger partial charge in [-0.15, -0.1) is 11.3 Å². The van der Waals surface area contributed by atoms with Crippen LogP contribution >= 0.6 is 11.3 Å². The summed E-state index contributed by atoms with van der Waals surface area (Å²) in [6.45, 7) is 1.83. The fourth-order valence-corrected chi connectivity index (χ4v) is 1.99. The maximum Gasteiger partial charge on any atom is 0.275 e. The number of hydrogen-bond acceptors (Lipinski definition) is 5. The third-order valence-corrected chi connectivity index (χ3v) is 3.11. The molecular formula is C11H12N4OS. The Balaban J connectivity index is 2.10. The third-order valence-electron chi connectivity index (χ3n) is 2.06. The summed E-state index contributed by atoms with van der Waals surface area (Å²) in [7, 11) is 0. The number of nitrogens with two attached hydrogens (primary N) is 1. The molecule has 0 aromatic carbocycles. The SMILES string of the molecule is CC(N)c1nc(C(=O)Nc2cccnc2)cs1. The molecule has 2 rings (SSSR count). The van der Waals surface area contributed by atoms with Crippen molar-refractivity contribution in [3.63, 3.8) is 0 Å². The van der Waals surface area contributed by atoms with E-state index < -0.39 is 0 Å². The van der Waals surface area contributed by atoms with Crippen molar-refractivity contribution in [2.75, 3.05) is 5.32 Å². The molecule has 0 aliphatic rings. The largest absolute Gasteiger partial charge is 0.322 e. The van der Waals surface area contributed by atoms with Crippen molar-refractivity contribution in [2.24, 2.45) is 5.73 Å². The Bertz CT molecular complexity index is 509. The standard InChI is InChI=1S/C11H12N4OS/c1-7(12)11-15-9(6-17-11)10(16)14-8-3-2-4-13-5-8/h2-7H,12H2,1H3,(H,14,16). The van der Waals surface area contributed by atoms with Crippen LogP contribution in [0, 0.1) is 0 Å². The molecule has 0 bridgehead atoms. The van der Waals surface area contributed by atoms with Crippen molar-refractivity contribution in [1.82, 2.24) is 9.97 Å². The number of nitrogens with zero attached hydrogens (tertiary/aromatic N) is 2. The van der Waals surface area contributed by atoms with Crippen molar-refractivity contribution in [3.8, 4) is 0 Å². The van der Waals surface area contributed by atoms with Crippen molar-refractivity contribution in [2.45, 2.75) is 13.0 Å². The maximum atomic E-state index is 11.8. The molecule has 3 N–H and O–H groups in total. The van der Waals surface area contributed by atoms with Gasteiger partial charge in [0.25, 0.3) is 5.91 Å². The second kappa shape index (κ2) is 5.03. The zero-order valence-corrected chi connectivity index (χ0v) is 10.1. The highest BCUT2D eigenvalue weighted by Crippen LogP contribution is 2.16. The first-order valence-electron chi connectivity index (χ1n) is 5.09. The summed E-state index contributed by atoms with van der Waals surface area (Å²) < 4.78 is 0. The fraction of sp³-hybridized carbons (Fsp3) is 0.182. The van der Waals surface area contributed by atoms with Gasteiger partial charge in [0, 0.05) is 11.6 Å². The van der Waals surface area contributed by atoms with Crippen LogP contribution in [-0.4, -0.2) is 15.9 Å². The first-order chi connectivity index (χ1) is 8.16. The highest BCUT2D eigenvalue weighted by molar-refractivity contribution is 7.09. The predicted molar refractivity (Wildman–Crippen MR) is 66.9 cm³/mol. The number of nitrogens with one attached hydrogen (secondary N) is 1. The summed E-state index contributed by atoms with van der Waals surface area (Å²) in [5.41, 5.74) is 6.71. The molecule has 2 aromatic heterocycles. The van der Waals surface area contributed by atoms with E-state index in [4.69, 9.17) is 5.73 Å².